The van der Waals surface area contributed by atoms with E-state index in [9.17, 15) is 4.21 Å². The Labute approximate surface area is 125 Å². The monoisotopic (exact) mass is 309 g/mol. The van der Waals surface area contributed by atoms with E-state index in [1.54, 1.807) is 30.2 Å². The molecule has 21 heavy (non-hydrogen) atoms. The molecule has 1 aromatic heterocycles. The Balaban J connectivity index is 2.26. The van der Waals surface area contributed by atoms with Gasteiger partial charge in [-0.1, -0.05) is 6.92 Å². The zero-order chi connectivity index (χ0) is 15.4. The molecule has 2 unspecified atom stereocenters. The van der Waals surface area contributed by atoms with Crippen LogP contribution in [0.2, 0.25) is 0 Å². The van der Waals surface area contributed by atoms with Gasteiger partial charge in [-0.3, -0.25) is 4.21 Å². The van der Waals surface area contributed by atoms with Crippen LogP contribution in [-0.2, 0) is 17.3 Å². The molecule has 0 radical (unpaired) electrons. The van der Waals surface area contributed by atoms with Crippen molar-refractivity contribution < 1.29 is 8.95 Å². The molecule has 1 heterocycles. The maximum Gasteiger partial charge on any atom is 0.185 e. The molecular formula is C13H19N5O2S. The number of benzene rings is 1. The summed E-state index contributed by atoms with van der Waals surface area (Å²) in [5, 5.41) is 11.9. The smallest absolute Gasteiger partial charge is 0.185 e. The van der Waals surface area contributed by atoms with Crippen molar-refractivity contribution in [3.8, 4) is 17.1 Å². The van der Waals surface area contributed by atoms with Crippen molar-refractivity contribution in [1.82, 2.24) is 20.2 Å². The summed E-state index contributed by atoms with van der Waals surface area (Å²) in [5.74, 6) is 1.24. The fourth-order valence-corrected chi connectivity index (χ4v) is 2.35. The van der Waals surface area contributed by atoms with Crippen LogP contribution in [0, 0.1) is 0 Å². The highest BCUT2D eigenvalue weighted by Gasteiger charge is 2.15. The molecule has 0 saturated heterocycles. The molecular weight excluding hydrogens is 290 g/mol. The summed E-state index contributed by atoms with van der Waals surface area (Å²) in [6.45, 7) is 2.54. The Morgan fingerprint density at radius 2 is 2.24 bits per heavy atom. The van der Waals surface area contributed by atoms with Gasteiger partial charge in [0, 0.05) is 40.6 Å². The maximum atomic E-state index is 11.4. The summed E-state index contributed by atoms with van der Waals surface area (Å²) in [6, 6.07) is 5.34. The van der Waals surface area contributed by atoms with Crippen LogP contribution in [0.3, 0.4) is 0 Å². The lowest BCUT2D eigenvalue weighted by atomic mass is 10.1. The van der Waals surface area contributed by atoms with E-state index in [0.717, 1.165) is 12.0 Å². The van der Waals surface area contributed by atoms with Crippen LogP contribution >= 0.6 is 0 Å². The highest BCUT2D eigenvalue weighted by molar-refractivity contribution is 7.84. The number of hydrogen-bond acceptors (Lipinski definition) is 6. The van der Waals surface area contributed by atoms with Gasteiger partial charge in [-0.25, -0.2) is 4.68 Å². The number of nitrogens with two attached hydrogens (primary N) is 1. The summed E-state index contributed by atoms with van der Waals surface area (Å²) < 4.78 is 18.4. The number of aromatic nitrogens is 4. The van der Waals surface area contributed by atoms with Crippen LogP contribution in [0.1, 0.15) is 13.3 Å². The highest BCUT2D eigenvalue weighted by atomic mass is 32.2. The van der Waals surface area contributed by atoms with E-state index in [0.29, 0.717) is 23.8 Å². The number of anilines is 1. The Morgan fingerprint density at radius 3 is 2.90 bits per heavy atom. The summed E-state index contributed by atoms with van der Waals surface area (Å²) in [6.07, 6.45) is 2.44. The number of ether oxygens (including phenoxy) is 1. The fraction of sp³-hybridized carbons (Fsp3) is 0.462. The van der Waals surface area contributed by atoms with Crippen LogP contribution in [0.15, 0.2) is 18.2 Å². The summed E-state index contributed by atoms with van der Waals surface area (Å²) in [7, 11) is 0.723. The third kappa shape index (κ3) is 3.57. The van der Waals surface area contributed by atoms with Gasteiger partial charge in [0.25, 0.3) is 0 Å². The zero-order valence-corrected chi connectivity index (χ0v) is 13.1. The normalized spacial score (nSPS) is 13.9. The Morgan fingerprint density at radius 1 is 1.48 bits per heavy atom. The molecule has 0 spiro atoms. The van der Waals surface area contributed by atoms with Gasteiger partial charge in [-0.15, -0.1) is 5.10 Å². The van der Waals surface area contributed by atoms with Crippen molar-refractivity contribution in [2.45, 2.75) is 25.1 Å². The van der Waals surface area contributed by atoms with E-state index in [-0.39, 0.29) is 5.25 Å². The number of nitrogen functional groups attached to an aromatic ring is 1. The van der Waals surface area contributed by atoms with Crippen LogP contribution in [-0.4, -0.2) is 43.0 Å². The van der Waals surface area contributed by atoms with E-state index in [1.807, 2.05) is 13.0 Å². The minimum atomic E-state index is -0.855. The molecule has 0 saturated carbocycles. The van der Waals surface area contributed by atoms with Crippen molar-refractivity contribution in [2.75, 3.05) is 19.1 Å². The molecule has 2 N–H and O–H groups in total. The third-order valence-electron chi connectivity index (χ3n) is 3.31. The van der Waals surface area contributed by atoms with E-state index in [1.165, 1.54) is 0 Å². The average molecular weight is 309 g/mol. The molecule has 0 aliphatic rings. The topological polar surface area (TPSA) is 95.9 Å². The lowest BCUT2D eigenvalue weighted by molar-refractivity contribution is 0.416. The zero-order valence-electron chi connectivity index (χ0n) is 12.3. The van der Waals surface area contributed by atoms with Gasteiger partial charge in [0.2, 0.25) is 0 Å². The number of nitrogens with zero attached hydrogens (tertiary/aromatic N) is 4. The predicted octanol–water partition coefficient (Wildman–Crippen LogP) is 1.09. The van der Waals surface area contributed by atoms with Crippen LogP contribution in [0.5, 0.6) is 5.75 Å². The first kappa shape index (κ1) is 15.4. The number of tetrazole rings is 1. The van der Waals surface area contributed by atoms with Crippen molar-refractivity contribution in [2.24, 2.45) is 0 Å². The lowest BCUT2D eigenvalue weighted by Crippen LogP contribution is -2.14. The second kappa shape index (κ2) is 6.66. The molecule has 0 bridgehead atoms. The highest BCUT2D eigenvalue weighted by Crippen LogP contribution is 2.29. The number of methoxy groups -OCH3 is 1. The van der Waals surface area contributed by atoms with E-state index in [4.69, 9.17) is 10.5 Å². The van der Waals surface area contributed by atoms with Gasteiger partial charge in [0.05, 0.1) is 12.7 Å². The van der Waals surface area contributed by atoms with Crippen molar-refractivity contribution in [3.63, 3.8) is 0 Å². The van der Waals surface area contributed by atoms with E-state index < -0.39 is 10.8 Å². The molecule has 0 amide bonds. The summed E-state index contributed by atoms with van der Waals surface area (Å²) in [4.78, 5) is 0. The SMILES string of the molecule is COc1cc(N)ccc1-c1nnnn1CCC(C)S(C)=O. The minimum absolute atomic E-state index is 0.0929. The van der Waals surface area contributed by atoms with Crippen molar-refractivity contribution >= 4 is 16.5 Å². The first-order chi connectivity index (χ1) is 10.0. The molecule has 0 aliphatic carbocycles. The van der Waals surface area contributed by atoms with Crippen molar-refractivity contribution in [3.05, 3.63) is 18.2 Å². The predicted molar refractivity (Wildman–Crippen MR) is 82.4 cm³/mol. The van der Waals surface area contributed by atoms with Crippen LogP contribution < -0.4 is 10.5 Å². The Bertz CT molecular complexity index is 643. The first-order valence-electron chi connectivity index (χ1n) is 6.55. The minimum Gasteiger partial charge on any atom is -0.496 e. The standard InChI is InChI=1S/C13H19N5O2S/c1-9(21(3)19)6-7-18-13(15-16-17-18)11-5-4-10(14)8-12(11)20-2/h4-5,8-9H,6-7,14H2,1-3H3. The molecule has 0 fully saturated rings. The van der Waals surface area contributed by atoms with Gasteiger partial charge in [0.1, 0.15) is 5.75 Å². The Hall–Kier alpha value is -1.96. The van der Waals surface area contributed by atoms with E-state index in [2.05, 4.69) is 15.5 Å². The molecule has 7 nitrogen and oxygen atoms in total. The fourth-order valence-electron chi connectivity index (χ4n) is 1.91. The van der Waals surface area contributed by atoms with Gasteiger partial charge in [0.15, 0.2) is 5.82 Å². The quantitative estimate of drug-likeness (QED) is 0.802. The molecule has 1 aromatic carbocycles. The lowest BCUT2D eigenvalue weighted by Gasteiger charge is -2.11. The second-order valence-electron chi connectivity index (χ2n) is 4.78. The first-order valence-corrected chi connectivity index (χ1v) is 8.17. The molecule has 2 aromatic rings. The van der Waals surface area contributed by atoms with E-state index >= 15 is 0 Å². The molecule has 2 rings (SSSR count). The number of rotatable bonds is 6. The third-order valence-corrected chi connectivity index (χ3v) is 4.68. The summed E-state index contributed by atoms with van der Waals surface area (Å²) >= 11 is 0. The van der Waals surface area contributed by atoms with Crippen molar-refractivity contribution in [1.29, 1.82) is 0 Å². The van der Waals surface area contributed by atoms with Gasteiger partial charge < -0.3 is 10.5 Å². The molecule has 2 atom stereocenters. The number of hydrogen-bond donors (Lipinski definition) is 1. The van der Waals surface area contributed by atoms with Crippen LogP contribution in [0.4, 0.5) is 5.69 Å². The van der Waals surface area contributed by atoms with Gasteiger partial charge in [-0.2, -0.15) is 0 Å². The largest absolute Gasteiger partial charge is 0.496 e. The summed E-state index contributed by atoms with van der Waals surface area (Å²) in [5.41, 5.74) is 7.15. The molecule has 114 valence electrons. The molecule has 8 heteroatoms. The van der Waals surface area contributed by atoms with Gasteiger partial charge in [-0.05, 0) is 29.0 Å². The van der Waals surface area contributed by atoms with Gasteiger partial charge >= 0.3 is 0 Å². The Kier molecular flexibility index (Phi) is 4.89. The molecule has 0 aliphatic heterocycles. The number of aryl methyl sites for hydroxylation is 1. The van der Waals surface area contributed by atoms with Crippen LogP contribution in [0.25, 0.3) is 11.4 Å². The second-order valence-corrected chi connectivity index (χ2v) is 6.59. The maximum absolute atomic E-state index is 11.4. The average Bonchev–Trinajstić information content (AvgIpc) is 2.92.